The third-order valence-corrected chi connectivity index (χ3v) is 7.43. The molecule has 0 saturated heterocycles. The Labute approximate surface area is 113 Å². The zero-order chi connectivity index (χ0) is 12.1. The van der Waals surface area contributed by atoms with E-state index in [1.165, 1.54) is 35.3 Å². The summed E-state index contributed by atoms with van der Waals surface area (Å²) in [6.45, 7) is 2.22. The molecule has 0 aromatic heterocycles. The summed E-state index contributed by atoms with van der Waals surface area (Å²) in [5.74, 6) is 1.10. The normalized spacial score (nSPS) is 25.6. The summed E-state index contributed by atoms with van der Waals surface area (Å²) in [4.78, 5) is 3.10. The fraction of sp³-hybridized carbons (Fsp3) is 0.267. The first-order valence-corrected chi connectivity index (χ1v) is 8.80. The standard InChI is InChI=1S/C15H14OS2/c1-10-14(11-6-3-2-4-7-11)16-18-15(10)12-8-5-9-13(12)17-18/h2-4,6-7H,5,8-9H2,1H3. The van der Waals surface area contributed by atoms with Crippen LogP contribution in [0, 0.1) is 0 Å². The summed E-state index contributed by atoms with van der Waals surface area (Å²) in [7, 11) is 1.91. The number of hydrogen-bond donors (Lipinski definition) is 0. The predicted octanol–water partition coefficient (Wildman–Crippen LogP) is 4.90. The van der Waals surface area contributed by atoms with Crippen molar-refractivity contribution in [2.24, 2.45) is 0 Å². The summed E-state index contributed by atoms with van der Waals surface area (Å²) in [5, 5.41) is 0. The maximum atomic E-state index is 6.21. The molecule has 2 aliphatic heterocycles. The average molecular weight is 274 g/mol. The summed E-state index contributed by atoms with van der Waals surface area (Å²) < 4.78 is 6.21. The molecule has 3 heteroatoms. The molecule has 0 N–H and O–H groups in total. The van der Waals surface area contributed by atoms with Crippen molar-refractivity contribution in [3.63, 3.8) is 0 Å². The van der Waals surface area contributed by atoms with Crippen LogP contribution in [0.3, 0.4) is 0 Å². The van der Waals surface area contributed by atoms with E-state index in [0.29, 0.717) is 0 Å². The van der Waals surface area contributed by atoms with Gasteiger partial charge >= 0.3 is 0 Å². The smallest absolute Gasteiger partial charge is 0.149 e. The molecule has 4 rings (SSSR count). The van der Waals surface area contributed by atoms with Crippen LogP contribution in [0.4, 0.5) is 0 Å². The second kappa shape index (κ2) is 4.04. The Hall–Kier alpha value is -0.930. The van der Waals surface area contributed by atoms with Crippen molar-refractivity contribution in [3.8, 4) is 0 Å². The van der Waals surface area contributed by atoms with E-state index in [1.807, 2.05) is 10.8 Å². The fourth-order valence-corrected chi connectivity index (χ4v) is 7.24. The monoisotopic (exact) mass is 274 g/mol. The molecule has 92 valence electrons. The van der Waals surface area contributed by atoms with Crippen LogP contribution in [-0.2, 0) is 4.18 Å². The molecular formula is C15H14OS2. The Bertz CT molecular complexity index is 623. The molecule has 0 fully saturated rings. The fourth-order valence-electron chi connectivity index (χ4n) is 2.79. The van der Waals surface area contributed by atoms with E-state index in [4.69, 9.17) is 4.18 Å². The van der Waals surface area contributed by atoms with Crippen LogP contribution in [-0.4, -0.2) is 4.86 Å². The zero-order valence-corrected chi connectivity index (χ0v) is 11.9. The Morgan fingerprint density at radius 2 is 2.00 bits per heavy atom. The Kier molecular flexibility index (Phi) is 2.45. The van der Waals surface area contributed by atoms with Gasteiger partial charge in [-0.1, -0.05) is 30.3 Å². The van der Waals surface area contributed by atoms with Gasteiger partial charge in [-0.3, -0.25) is 0 Å². The molecule has 0 amide bonds. The predicted molar refractivity (Wildman–Crippen MR) is 81.2 cm³/mol. The second-order valence-corrected chi connectivity index (χ2v) is 7.92. The van der Waals surface area contributed by atoms with Crippen LogP contribution in [0.5, 0.6) is 0 Å². The topological polar surface area (TPSA) is 9.23 Å². The maximum absolute atomic E-state index is 6.21. The van der Waals surface area contributed by atoms with Gasteiger partial charge in [0.15, 0.2) is 0 Å². The van der Waals surface area contributed by atoms with E-state index in [2.05, 4.69) is 37.3 Å². The lowest BCUT2D eigenvalue weighted by atomic mass is 10.0. The maximum Gasteiger partial charge on any atom is 0.149 e. The van der Waals surface area contributed by atoms with Gasteiger partial charge in [-0.15, -0.1) is 0 Å². The van der Waals surface area contributed by atoms with E-state index < -0.39 is 0 Å². The van der Waals surface area contributed by atoms with Crippen molar-refractivity contribution in [2.45, 2.75) is 26.2 Å². The highest BCUT2D eigenvalue weighted by atomic mass is 33.1. The van der Waals surface area contributed by atoms with E-state index >= 15 is 0 Å². The van der Waals surface area contributed by atoms with Crippen molar-refractivity contribution in [3.05, 3.63) is 51.9 Å². The number of rotatable bonds is 1. The lowest BCUT2D eigenvalue weighted by Gasteiger charge is -2.08. The lowest BCUT2D eigenvalue weighted by Crippen LogP contribution is -1.99. The Morgan fingerprint density at radius 3 is 2.83 bits per heavy atom. The van der Waals surface area contributed by atoms with Gasteiger partial charge < -0.3 is 4.18 Å². The van der Waals surface area contributed by atoms with Crippen LogP contribution in [0.15, 0.2) is 46.4 Å². The van der Waals surface area contributed by atoms with Gasteiger partial charge in [-0.05, 0) is 42.6 Å². The van der Waals surface area contributed by atoms with Crippen molar-refractivity contribution >= 4 is 31.2 Å². The highest BCUT2D eigenvalue weighted by molar-refractivity contribution is 8.84. The largest absolute Gasteiger partial charge is 0.422 e. The van der Waals surface area contributed by atoms with Crippen molar-refractivity contribution in [1.29, 1.82) is 0 Å². The number of benzene rings is 1. The molecule has 0 saturated carbocycles. The molecule has 1 nitrogen and oxygen atoms in total. The van der Waals surface area contributed by atoms with E-state index in [-0.39, 0.29) is 9.80 Å². The number of hydrogen-bond acceptors (Lipinski definition) is 2. The molecule has 0 spiro atoms. The summed E-state index contributed by atoms with van der Waals surface area (Å²) in [6.07, 6.45) is 3.85. The molecule has 0 radical (unpaired) electrons. The minimum absolute atomic E-state index is 0.0522. The van der Waals surface area contributed by atoms with Crippen LogP contribution in [0.25, 0.3) is 5.76 Å². The zero-order valence-electron chi connectivity index (χ0n) is 10.2. The van der Waals surface area contributed by atoms with Crippen LogP contribution < -0.4 is 0 Å². The molecule has 3 aliphatic rings. The van der Waals surface area contributed by atoms with Crippen LogP contribution >= 0.6 is 20.6 Å². The summed E-state index contributed by atoms with van der Waals surface area (Å²) in [5.41, 5.74) is 4.18. The summed E-state index contributed by atoms with van der Waals surface area (Å²) in [6, 6.07) is 10.5. The highest BCUT2D eigenvalue weighted by Crippen LogP contribution is 2.60. The molecule has 2 heterocycles. The van der Waals surface area contributed by atoms with Gasteiger partial charge in [0.25, 0.3) is 0 Å². The molecular weight excluding hydrogens is 260 g/mol. The van der Waals surface area contributed by atoms with E-state index in [9.17, 15) is 0 Å². The van der Waals surface area contributed by atoms with Gasteiger partial charge in [0.2, 0.25) is 0 Å². The molecule has 1 aromatic rings. The first-order valence-electron chi connectivity index (χ1n) is 6.31. The van der Waals surface area contributed by atoms with Gasteiger partial charge in [-0.2, -0.15) is 0 Å². The molecule has 1 aliphatic carbocycles. The van der Waals surface area contributed by atoms with Gasteiger partial charge in [-0.25, -0.2) is 0 Å². The van der Waals surface area contributed by atoms with Crippen molar-refractivity contribution in [2.75, 3.05) is 0 Å². The summed E-state index contributed by atoms with van der Waals surface area (Å²) >= 11 is 0. The molecule has 18 heavy (non-hydrogen) atoms. The molecule has 0 bridgehead atoms. The van der Waals surface area contributed by atoms with Gasteiger partial charge in [0.1, 0.15) is 5.76 Å². The first kappa shape index (κ1) is 10.9. The van der Waals surface area contributed by atoms with E-state index in [1.54, 1.807) is 10.5 Å². The van der Waals surface area contributed by atoms with Crippen LogP contribution in [0.1, 0.15) is 31.7 Å². The third kappa shape index (κ3) is 1.47. The molecule has 1 unspecified atom stereocenters. The third-order valence-electron chi connectivity index (χ3n) is 3.66. The minimum Gasteiger partial charge on any atom is -0.422 e. The average Bonchev–Trinajstić information content (AvgIpc) is 3.02. The molecule has 1 aromatic carbocycles. The van der Waals surface area contributed by atoms with Crippen molar-refractivity contribution < 1.29 is 4.18 Å². The number of fused-ring (bicyclic) bond motifs is 1. The SMILES string of the molecule is CC1=C(c2ccccc2)OS2=C1C1=C(CCC1)S2. The Balaban J connectivity index is 1.78. The van der Waals surface area contributed by atoms with Gasteiger partial charge in [0.05, 0.1) is 14.7 Å². The highest BCUT2D eigenvalue weighted by Gasteiger charge is 2.36. The van der Waals surface area contributed by atoms with Crippen LogP contribution in [0.2, 0.25) is 0 Å². The Morgan fingerprint density at radius 1 is 1.17 bits per heavy atom. The number of allylic oxidation sites excluding steroid dienone is 3. The molecule has 1 atom stereocenters. The quantitative estimate of drug-likeness (QED) is 0.532. The first-order chi connectivity index (χ1) is 8.84. The second-order valence-electron chi connectivity index (χ2n) is 4.81. The lowest BCUT2D eigenvalue weighted by molar-refractivity contribution is 0.612. The van der Waals surface area contributed by atoms with E-state index in [0.717, 1.165) is 5.76 Å². The van der Waals surface area contributed by atoms with Gasteiger partial charge in [0, 0.05) is 16.0 Å². The minimum atomic E-state index is -0.0522. The van der Waals surface area contributed by atoms with Crippen molar-refractivity contribution in [1.82, 2.24) is 0 Å².